The van der Waals surface area contributed by atoms with E-state index in [2.05, 4.69) is 49.5 Å². The number of rotatable bonds is 7. The summed E-state index contributed by atoms with van der Waals surface area (Å²) >= 11 is 1.62. The molecule has 2 nitrogen and oxygen atoms in total. The summed E-state index contributed by atoms with van der Waals surface area (Å²) in [5.41, 5.74) is 4.46. The normalized spacial score (nSPS) is 11.2. The number of anilines is 1. The van der Waals surface area contributed by atoms with Crippen LogP contribution in [-0.4, -0.2) is 17.4 Å². The van der Waals surface area contributed by atoms with Gasteiger partial charge < -0.3 is 5.32 Å². The van der Waals surface area contributed by atoms with Crippen molar-refractivity contribution in [2.24, 2.45) is 0 Å². The first kappa shape index (κ1) is 18.3. The van der Waals surface area contributed by atoms with Gasteiger partial charge in [-0.1, -0.05) is 74.5 Å². The van der Waals surface area contributed by atoms with Crippen LogP contribution in [0.1, 0.15) is 36.5 Å². The van der Waals surface area contributed by atoms with Gasteiger partial charge in [-0.05, 0) is 29.5 Å². The molecule has 0 aromatic heterocycles. The molecule has 2 rings (SSSR count). The Morgan fingerprint density at radius 3 is 2.58 bits per heavy atom. The molecule has 0 radical (unpaired) electrons. The fraction of sp³-hybridized carbons (Fsp3) is 0.286. The van der Waals surface area contributed by atoms with E-state index in [9.17, 15) is 4.79 Å². The van der Waals surface area contributed by atoms with E-state index in [1.807, 2.05) is 37.3 Å². The third kappa shape index (κ3) is 5.57. The van der Waals surface area contributed by atoms with Crippen LogP contribution < -0.4 is 5.32 Å². The summed E-state index contributed by atoms with van der Waals surface area (Å²) in [7, 11) is 0. The Morgan fingerprint density at radius 2 is 1.88 bits per heavy atom. The number of thioether (sulfide) groups is 1. The van der Waals surface area contributed by atoms with Crippen LogP contribution in [0.5, 0.6) is 0 Å². The number of carbonyl (C=O) groups excluding carboxylic acids is 1. The maximum Gasteiger partial charge on any atom is 0.234 e. The summed E-state index contributed by atoms with van der Waals surface area (Å²) in [4.78, 5) is 12.2. The second-order valence-electron chi connectivity index (χ2n) is 6.07. The van der Waals surface area contributed by atoms with Gasteiger partial charge in [0.05, 0.1) is 5.75 Å². The van der Waals surface area contributed by atoms with E-state index >= 15 is 0 Å². The van der Waals surface area contributed by atoms with Gasteiger partial charge in [0.15, 0.2) is 0 Å². The minimum Gasteiger partial charge on any atom is -0.325 e. The highest BCUT2D eigenvalue weighted by Gasteiger charge is 2.11. The lowest BCUT2D eigenvalue weighted by Gasteiger charge is -2.16. The summed E-state index contributed by atoms with van der Waals surface area (Å²) < 4.78 is 0. The van der Waals surface area contributed by atoms with E-state index in [0.29, 0.717) is 11.7 Å². The number of para-hydroxylation sites is 1. The van der Waals surface area contributed by atoms with Crippen LogP contribution in [0.3, 0.4) is 0 Å². The Bertz CT molecular complexity index is 692. The van der Waals surface area contributed by atoms with E-state index in [0.717, 1.165) is 17.0 Å². The summed E-state index contributed by atoms with van der Waals surface area (Å²) in [5.74, 6) is 1.74. The molecule has 0 heterocycles. The first-order valence-corrected chi connectivity index (χ1v) is 9.42. The van der Waals surface area contributed by atoms with E-state index in [1.165, 1.54) is 11.1 Å². The summed E-state index contributed by atoms with van der Waals surface area (Å²) in [6.07, 6.45) is 4.18. The van der Waals surface area contributed by atoms with Crippen LogP contribution in [0.25, 0.3) is 6.08 Å². The predicted molar refractivity (Wildman–Crippen MR) is 107 cm³/mol. The average Bonchev–Trinajstić information content (AvgIpc) is 2.57. The number of carbonyl (C=O) groups is 1. The molecule has 2 aromatic carbocycles. The van der Waals surface area contributed by atoms with E-state index in [1.54, 1.807) is 11.8 Å². The zero-order chi connectivity index (χ0) is 17.4. The molecular formula is C21H25NOS. The SMILES string of the molecule is Cc1cccc(C(C)C)c1NC(=O)CSC/C=C/c1ccccc1. The number of benzene rings is 2. The molecule has 0 saturated carbocycles. The van der Waals surface area contributed by atoms with Crippen LogP contribution in [0.15, 0.2) is 54.6 Å². The highest BCUT2D eigenvalue weighted by atomic mass is 32.2. The molecule has 0 bridgehead atoms. The molecule has 24 heavy (non-hydrogen) atoms. The zero-order valence-corrected chi connectivity index (χ0v) is 15.4. The Hall–Kier alpha value is -2.00. The molecule has 3 heteroatoms. The van der Waals surface area contributed by atoms with Crippen LogP contribution in [0.4, 0.5) is 5.69 Å². The first-order chi connectivity index (χ1) is 11.6. The van der Waals surface area contributed by atoms with Crippen molar-refractivity contribution in [1.29, 1.82) is 0 Å². The number of hydrogen-bond acceptors (Lipinski definition) is 2. The van der Waals surface area contributed by atoms with Gasteiger partial charge >= 0.3 is 0 Å². The molecule has 0 unspecified atom stereocenters. The van der Waals surface area contributed by atoms with Crippen molar-refractivity contribution >= 4 is 29.4 Å². The molecule has 0 fully saturated rings. The van der Waals surface area contributed by atoms with Gasteiger partial charge in [0.2, 0.25) is 5.91 Å². The van der Waals surface area contributed by atoms with Crippen molar-refractivity contribution in [1.82, 2.24) is 0 Å². The molecule has 126 valence electrons. The Balaban J connectivity index is 1.83. The molecule has 0 aliphatic heterocycles. The predicted octanol–water partition coefficient (Wildman–Crippen LogP) is 5.50. The minimum absolute atomic E-state index is 0.0595. The molecule has 0 aliphatic carbocycles. The van der Waals surface area contributed by atoms with Gasteiger partial charge in [0.1, 0.15) is 0 Å². The van der Waals surface area contributed by atoms with Gasteiger partial charge in [-0.2, -0.15) is 0 Å². The summed E-state index contributed by atoms with van der Waals surface area (Å²) in [6, 6.07) is 16.4. The van der Waals surface area contributed by atoms with E-state index in [-0.39, 0.29) is 5.91 Å². The number of amides is 1. The van der Waals surface area contributed by atoms with Crippen molar-refractivity contribution in [2.75, 3.05) is 16.8 Å². The van der Waals surface area contributed by atoms with Crippen molar-refractivity contribution in [3.05, 3.63) is 71.3 Å². The molecule has 0 atom stereocenters. The standard InChI is InChI=1S/C21H25NOS/c1-16(2)19-13-7-9-17(3)21(19)22-20(23)15-24-14-8-12-18-10-5-4-6-11-18/h4-13,16H,14-15H2,1-3H3,(H,22,23)/b12-8+. The van der Waals surface area contributed by atoms with Gasteiger partial charge in [0, 0.05) is 11.4 Å². The monoisotopic (exact) mass is 339 g/mol. The Morgan fingerprint density at radius 1 is 1.12 bits per heavy atom. The highest BCUT2D eigenvalue weighted by Crippen LogP contribution is 2.27. The van der Waals surface area contributed by atoms with Crippen LogP contribution >= 0.6 is 11.8 Å². The van der Waals surface area contributed by atoms with Crippen LogP contribution in [-0.2, 0) is 4.79 Å². The maximum atomic E-state index is 12.2. The largest absolute Gasteiger partial charge is 0.325 e. The molecule has 0 spiro atoms. The van der Waals surface area contributed by atoms with Crippen molar-refractivity contribution in [3.63, 3.8) is 0 Å². The quantitative estimate of drug-likeness (QED) is 0.675. The second kappa shape index (κ2) is 9.33. The maximum absolute atomic E-state index is 12.2. The fourth-order valence-corrected chi connectivity index (χ4v) is 3.09. The molecular weight excluding hydrogens is 314 g/mol. The van der Waals surface area contributed by atoms with Crippen molar-refractivity contribution in [3.8, 4) is 0 Å². The molecule has 0 aliphatic rings. The number of aryl methyl sites for hydroxylation is 1. The van der Waals surface area contributed by atoms with Gasteiger partial charge in [-0.15, -0.1) is 11.8 Å². The average molecular weight is 340 g/mol. The minimum atomic E-state index is 0.0595. The van der Waals surface area contributed by atoms with Gasteiger partial charge in [0.25, 0.3) is 0 Å². The molecule has 1 N–H and O–H groups in total. The second-order valence-corrected chi connectivity index (χ2v) is 7.10. The topological polar surface area (TPSA) is 29.1 Å². The first-order valence-electron chi connectivity index (χ1n) is 8.26. The van der Waals surface area contributed by atoms with Gasteiger partial charge in [-0.3, -0.25) is 4.79 Å². The van der Waals surface area contributed by atoms with Crippen LogP contribution in [0.2, 0.25) is 0 Å². The molecule has 2 aromatic rings. The number of nitrogens with one attached hydrogen (secondary N) is 1. The Labute approximate surface area is 149 Å². The fourth-order valence-electron chi connectivity index (χ4n) is 2.49. The van der Waals surface area contributed by atoms with Crippen LogP contribution in [0, 0.1) is 6.92 Å². The van der Waals surface area contributed by atoms with E-state index < -0.39 is 0 Å². The van der Waals surface area contributed by atoms with Crippen molar-refractivity contribution < 1.29 is 4.79 Å². The lowest BCUT2D eigenvalue weighted by atomic mass is 9.98. The highest BCUT2D eigenvalue weighted by molar-refractivity contribution is 8.00. The van der Waals surface area contributed by atoms with E-state index in [4.69, 9.17) is 0 Å². The zero-order valence-electron chi connectivity index (χ0n) is 14.6. The lowest BCUT2D eigenvalue weighted by molar-refractivity contribution is -0.113. The summed E-state index contributed by atoms with van der Waals surface area (Å²) in [5, 5.41) is 3.08. The summed E-state index contributed by atoms with van der Waals surface area (Å²) in [6.45, 7) is 6.33. The third-order valence-electron chi connectivity index (χ3n) is 3.75. The lowest BCUT2D eigenvalue weighted by Crippen LogP contribution is -2.16. The molecule has 0 saturated heterocycles. The third-order valence-corrected chi connectivity index (χ3v) is 4.64. The molecule has 1 amide bonds. The number of hydrogen-bond donors (Lipinski definition) is 1. The van der Waals surface area contributed by atoms with Gasteiger partial charge in [-0.25, -0.2) is 0 Å². The van der Waals surface area contributed by atoms with Crippen molar-refractivity contribution in [2.45, 2.75) is 26.7 Å². The smallest absolute Gasteiger partial charge is 0.234 e. The Kier molecular flexibility index (Phi) is 7.13.